The highest BCUT2D eigenvalue weighted by atomic mass is 32.2. The molecule has 1 aromatic heterocycles. The maximum atomic E-state index is 12.3. The van der Waals surface area contributed by atoms with Gasteiger partial charge in [-0.25, -0.2) is 0 Å². The minimum atomic E-state index is -1.23. The fourth-order valence-corrected chi connectivity index (χ4v) is 2.98. The SMILES string of the molecule is COC(=O)C(C)(C)C(=O)SC(=S)n1ccc2ccccc21. The monoisotopic (exact) mass is 321 g/mol. The standard InChI is InChI=1S/C15H15NO3S2/c1-15(2,12(17)19-3)13(18)21-14(20)16-9-8-10-6-4-5-7-11(10)16/h4-9H,1-3H3. The van der Waals surface area contributed by atoms with Crippen LogP contribution >= 0.6 is 24.0 Å². The number of esters is 1. The fourth-order valence-electron chi connectivity index (χ4n) is 1.84. The zero-order valence-electron chi connectivity index (χ0n) is 12.0. The van der Waals surface area contributed by atoms with E-state index >= 15 is 0 Å². The van der Waals surface area contributed by atoms with Crippen LogP contribution in [0.1, 0.15) is 13.8 Å². The summed E-state index contributed by atoms with van der Waals surface area (Å²) in [5, 5.41) is 0.706. The summed E-state index contributed by atoms with van der Waals surface area (Å²) in [6.45, 7) is 3.06. The van der Waals surface area contributed by atoms with E-state index in [9.17, 15) is 9.59 Å². The first kappa shape index (κ1) is 15.7. The Morgan fingerprint density at radius 3 is 2.57 bits per heavy atom. The summed E-state index contributed by atoms with van der Waals surface area (Å²) in [4.78, 5) is 23.9. The molecule has 0 radical (unpaired) electrons. The second kappa shape index (κ2) is 5.99. The van der Waals surface area contributed by atoms with E-state index in [1.54, 1.807) is 4.57 Å². The molecule has 0 amide bonds. The van der Waals surface area contributed by atoms with Crippen LogP contribution in [-0.2, 0) is 14.3 Å². The Morgan fingerprint density at radius 2 is 1.90 bits per heavy atom. The molecule has 1 heterocycles. The van der Waals surface area contributed by atoms with Crippen molar-refractivity contribution in [3.63, 3.8) is 0 Å². The zero-order chi connectivity index (χ0) is 15.6. The molecule has 0 bridgehead atoms. The van der Waals surface area contributed by atoms with Gasteiger partial charge in [-0.2, -0.15) is 0 Å². The molecule has 110 valence electrons. The lowest BCUT2D eigenvalue weighted by atomic mass is 9.96. The van der Waals surface area contributed by atoms with E-state index in [0.29, 0.717) is 4.32 Å². The van der Waals surface area contributed by atoms with Gasteiger partial charge in [0.2, 0.25) is 5.12 Å². The average Bonchev–Trinajstić information content (AvgIpc) is 2.90. The van der Waals surface area contributed by atoms with Crippen LogP contribution in [-0.4, -0.2) is 27.1 Å². The summed E-state index contributed by atoms with van der Waals surface area (Å²) in [6.07, 6.45) is 1.82. The third-order valence-electron chi connectivity index (χ3n) is 3.18. The number of fused-ring (bicyclic) bond motifs is 1. The topological polar surface area (TPSA) is 48.3 Å². The van der Waals surface area contributed by atoms with Crippen LogP contribution in [0.25, 0.3) is 10.9 Å². The molecule has 4 nitrogen and oxygen atoms in total. The molecule has 0 aliphatic carbocycles. The van der Waals surface area contributed by atoms with Crippen molar-refractivity contribution in [2.24, 2.45) is 5.41 Å². The molecule has 0 N–H and O–H groups in total. The largest absolute Gasteiger partial charge is 0.468 e. The molecule has 0 saturated heterocycles. The van der Waals surface area contributed by atoms with Crippen molar-refractivity contribution in [1.29, 1.82) is 0 Å². The molecule has 6 heteroatoms. The van der Waals surface area contributed by atoms with Gasteiger partial charge in [0.05, 0.1) is 12.6 Å². The van der Waals surface area contributed by atoms with Gasteiger partial charge in [-0.15, -0.1) is 0 Å². The number of para-hydroxylation sites is 1. The number of thioether (sulfide) groups is 1. The van der Waals surface area contributed by atoms with Gasteiger partial charge in [0.25, 0.3) is 0 Å². The van der Waals surface area contributed by atoms with Crippen molar-refractivity contribution in [3.8, 4) is 0 Å². The number of carbonyl (C=O) groups is 2. The number of carbonyl (C=O) groups excluding carboxylic acids is 2. The molecular weight excluding hydrogens is 306 g/mol. The van der Waals surface area contributed by atoms with Gasteiger partial charge < -0.3 is 9.30 Å². The number of nitrogens with zero attached hydrogens (tertiary/aromatic N) is 1. The van der Waals surface area contributed by atoms with Crippen LogP contribution in [0, 0.1) is 5.41 Å². The van der Waals surface area contributed by atoms with E-state index in [4.69, 9.17) is 12.2 Å². The molecule has 0 spiro atoms. The van der Waals surface area contributed by atoms with Gasteiger partial charge in [-0.3, -0.25) is 9.59 Å². The Morgan fingerprint density at radius 1 is 1.24 bits per heavy atom. The van der Waals surface area contributed by atoms with E-state index in [0.717, 1.165) is 22.7 Å². The number of aromatic nitrogens is 1. The van der Waals surface area contributed by atoms with Crippen LogP contribution in [0.3, 0.4) is 0 Å². The predicted molar refractivity (Wildman–Crippen MR) is 88.3 cm³/mol. The number of hydrogen-bond donors (Lipinski definition) is 0. The summed E-state index contributed by atoms with van der Waals surface area (Å²) in [7, 11) is 1.26. The molecule has 0 saturated carbocycles. The van der Waals surface area contributed by atoms with Crippen molar-refractivity contribution in [2.75, 3.05) is 7.11 Å². The predicted octanol–water partition coefficient (Wildman–Crippen LogP) is 3.23. The summed E-state index contributed by atoms with van der Waals surface area (Å²) >= 11 is 6.20. The van der Waals surface area contributed by atoms with Gasteiger partial charge in [-0.1, -0.05) is 30.4 Å². The van der Waals surface area contributed by atoms with Gasteiger partial charge in [0.1, 0.15) is 5.41 Å². The van der Waals surface area contributed by atoms with Crippen molar-refractivity contribution in [3.05, 3.63) is 36.5 Å². The third-order valence-corrected chi connectivity index (χ3v) is 4.70. The molecule has 1 aromatic carbocycles. The second-order valence-electron chi connectivity index (χ2n) is 5.02. The molecular formula is C15H15NO3S2. The lowest BCUT2D eigenvalue weighted by molar-refractivity contribution is -0.153. The van der Waals surface area contributed by atoms with E-state index < -0.39 is 11.4 Å². The van der Waals surface area contributed by atoms with Crippen molar-refractivity contribution >= 4 is 50.3 Å². The molecule has 21 heavy (non-hydrogen) atoms. The first-order valence-corrected chi connectivity index (χ1v) is 7.51. The normalized spacial score (nSPS) is 11.4. The Bertz CT molecular complexity index is 719. The zero-order valence-corrected chi connectivity index (χ0v) is 13.6. The molecule has 0 fully saturated rings. The highest BCUT2D eigenvalue weighted by Gasteiger charge is 2.38. The summed E-state index contributed by atoms with van der Waals surface area (Å²) in [6, 6.07) is 9.68. The van der Waals surface area contributed by atoms with Gasteiger partial charge in [0, 0.05) is 6.20 Å². The van der Waals surface area contributed by atoms with Crippen LogP contribution < -0.4 is 0 Å². The lowest BCUT2D eigenvalue weighted by Gasteiger charge is -2.19. The number of hydrogen-bond acceptors (Lipinski definition) is 5. The van der Waals surface area contributed by atoms with Crippen molar-refractivity contribution in [2.45, 2.75) is 13.8 Å². The Kier molecular flexibility index (Phi) is 4.49. The van der Waals surface area contributed by atoms with Crippen molar-refractivity contribution < 1.29 is 14.3 Å². The maximum Gasteiger partial charge on any atom is 0.319 e. The van der Waals surface area contributed by atoms with Gasteiger partial charge >= 0.3 is 5.97 Å². The van der Waals surface area contributed by atoms with Gasteiger partial charge in [-0.05, 0) is 43.1 Å². The summed E-state index contributed by atoms with van der Waals surface area (Å²) < 4.78 is 6.81. The first-order valence-electron chi connectivity index (χ1n) is 6.29. The molecule has 2 aromatic rings. The highest BCUT2D eigenvalue weighted by molar-refractivity contribution is 8.33. The molecule has 0 unspecified atom stereocenters. The number of benzene rings is 1. The molecule has 0 aliphatic heterocycles. The Labute approximate surface area is 132 Å². The number of rotatable bonds is 2. The van der Waals surface area contributed by atoms with Crippen molar-refractivity contribution in [1.82, 2.24) is 4.57 Å². The minimum absolute atomic E-state index is 0.336. The minimum Gasteiger partial charge on any atom is -0.468 e. The number of methoxy groups -OCH3 is 1. The average molecular weight is 321 g/mol. The Hall–Kier alpha value is -1.66. The van der Waals surface area contributed by atoms with E-state index in [2.05, 4.69) is 4.74 Å². The number of ether oxygens (including phenoxy) is 1. The first-order chi connectivity index (χ1) is 9.87. The number of thiocarbonyl (C=S) groups is 1. The Balaban J connectivity index is 2.22. The van der Waals surface area contributed by atoms with Crippen LogP contribution in [0.5, 0.6) is 0 Å². The lowest BCUT2D eigenvalue weighted by Crippen LogP contribution is -2.33. The van der Waals surface area contributed by atoms with Crippen LogP contribution in [0.15, 0.2) is 36.5 Å². The van der Waals surface area contributed by atoms with E-state index in [1.807, 2.05) is 36.5 Å². The summed E-state index contributed by atoms with van der Waals surface area (Å²) in [5.41, 5.74) is -0.300. The third kappa shape index (κ3) is 3.01. The molecule has 2 rings (SSSR count). The second-order valence-corrected chi connectivity index (χ2v) is 6.62. The molecule has 0 aliphatic rings. The molecule has 0 atom stereocenters. The van der Waals surface area contributed by atoms with E-state index in [-0.39, 0.29) is 5.12 Å². The van der Waals surface area contributed by atoms with E-state index in [1.165, 1.54) is 21.0 Å². The summed E-state index contributed by atoms with van der Waals surface area (Å²) in [5.74, 6) is -0.569. The van der Waals surface area contributed by atoms with Crippen LogP contribution in [0.2, 0.25) is 0 Å². The van der Waals surface area contributed by atoms with Gasteiger partial charge in [0.15, 0.2) is 4.32 Å². The fraction of sp³-hybridized carbons (Fsp3) is 0.267. The highest BCUT2D eigenvalue weighted by Crippen LogP contribution is 2.28. The smallest absolute Gasteiger partial charge is 0.319 e. The quantitative estimate of drug-likeness (QED) is 0.483. The van der Waals surface area contributed by atoms with Crippen LogP contribution in [0.4, 0.5) is 0 Å². The maximum absolute atomic E-state index is 12.3.